The van der Waals surface area contributed by atoms with Crippen molar-refractivity contribution >= 4 is 29.9 Å². The van der Waals surface area contributed by atoms with Gasteiger partial charge in [-0.05, 0) is 17.9 Å². The normalized spacial score (nSPS) is 14.7. The molecular formula is C17H30IN3O. The van der Waals surface area contributed by atoms with Crippen molar-refractivity contribution in [2.45, 2.75) is 39.8 Å². The predicted octanol–water partition coefficient (Wildman–Crippen LogP) is 3.59. The van der Waals surface area contributed by atoms with Crippen molar-refractivity contribution in [2.24, 2.45) is 10.4 Å². The van der Waals surface area contributed by atoms with E-state index in [2.05, 4.69) is 55.5 Å². The summed E-state index contributed by atoms with van der Waals surface area (Å²) in [5.41, 5.74) is 1.32. The summed E-state index contributed by atoms with van der Waals surface area (Å²) in [5.74, 6) is 0.789. The van der Waals surface area contributed by atoms with Crippen LogP contribution in [-0.4, -0.2) is 32.8 Å². The smallest absolute Gasteiger partial charge is 0.191 e. The summed E-state index contributed by atoms with van der Waals surface area (Å²) in [6.07, 6.45) is 0.128. The predicted molar refractivity (Wildman–Crippen MR) is 105 cm³/mol. The summed E-state index contributed by atoms with van der Waals surface area (Å²) in [5, 5.41) is 6.74. The third kappa shape index (κ3) is 6.96. The maximum absolute atomic E-state index is 5.55. The molecule has 0 radical (unpaired) electrons. The number of ether oxygens (including phenoxy) is 1. The molecule has 4 nitrogen and oxygen atoms in total. The van der Waals surface area contributed by atoms with E-state index in [9.17, 15) is 0 Å². The van der Waals surface area contributed by atoms with Crippen LogP contribution < -0.4 is 10.6 Å². The van der Waals surface area contributed by atoms with Crippen molar-refractivity contribution < 1.29 is 4.74 Å². The molecule has 0 amide bonds. The molecule has 0 spiro atoms. The number of methoxy groups -OCH3 is 1. The van der Waals surface area contributed by atoms with E-state index in [1.165, 1.54) is 5.56 Å². The van der Waals surface area contributed by atoms with Gasteiger partial charge in [-0.2, -0.15) is 0 Å². The number of nitrogens with one attached hydrogen (secondary N) is 2. The summed E-state index contributed by atoms with van der Waals surface area (Å²) in [4.78, 5) is 4.28. The molecule has 0 heterocycles. The van der Waals surface area contributed by atoms with Gasteiger partial charge in [-0.1, -0.05) is 51.1 Å². The Kier molecular flexibility index (Phi) is 9.67. The van der Waals surface area contributed by atoms with Gasteiger partial charge in [0.25, 0.3) is 0 Å². The molecule has 2 N–H and O–H groups in total. The molecule has 1 aromatic rings. The number of aliphatic imine (C=N–C) groups is 1. The van der Waals surface area contributed by atoms with Gasteiger partial charge in [0.2, 0.25) is 0 Å². The molecule has 2 atom stereocenters. The molecule has 0 aliphatic rings. The van der Waals surface area contributed by atoms with E-state index >= 15 is 0 Å². The van der Waals surface area contributed by atoms with E-state index in [0.29, 0.717) is 0 Å². The molecule has 0 saturated carbocycles. The summed E-state index contributed by atoms with van der Waals surface area (Å²) in [6, 6.07) is 10.5. The minimum Gasteiger partial charge on any atom is -0.379 e. The van der Waals surface area contributed by atoms with Gasteiger partial charge < -0.3 is 15.4 Å². The highest BCUT2D eigenvalue weighted by Crippen LogP contribution is 2.21. The first kappa shape index (κ1) is 21.2. The summed E-state index contributed by atoms with van der Waals surface area (Å²) in [6.45, 7) is 9.36. The maximum Gasteiger partial charge on any atom is 0.191 e. The third-order valence-corrected chi connectivity index (χ3v) is 3.58. The Labute approximate surface area is 152 Å². The van der Waals surface area contributed by atoms with Gasteiger partial charge in [-0.3, -0.25) is 4.99 Å². The maximum atomic E-state index is 5.55. The molecule has 0 bridgehead atoms. The van der Waals surface area contributed by atoms with Crippen LogP contribution in [0.3, 0.4) is 0 Å². The van der Waals surface area contributed by atoms with Crippen LogP contribution in [0.1, 0.15) is 39.3 Å². The first-order chi connectivity index (χ1) is 9.88. The average molecular weight is 419 g/mol. The fourth-order valence-corrected chi connectivity index (χ4v) is 2.16. The largest absolute Gasteiger partial charge is 0.379 e. The second-order valence-electron chi connectivity index (χ2n) is 6.32. The molecule has 126 valence electrons. The van der Waals surface area contributed by atoms with E-state index in [1.54, 1.807) is 14.2 Å². The third-order valence-electron chi connectivity index (χ3n) is 3.58. The van der Waals surface area contributed by atoms with Crippen LogP contribution in [0.15, 0.2) is 35.3 Å². The molecule has 1 aromatic carbocycles. The monoisotopic (exact) mass is 419 g/mol. The fraction of sp³-hybridized carbons (Fsp3) is 0.588. The van der Waals surface area contributed by atoms with Crippen LogP contribution in [0.2, 0.25) is 0 Å². The van der Waals surface area contributed by atoms with E-state index in [1.807, 2.05) is 18.2 Å². The van der Waals surface area contributed by atoms with Gasteiger partial charge in [0.1, 0.15) is 0 Å². The van der Waals surface area contributed by atoms with Crippen LogP contribution in [0.25, 0.3) is 0 Å². The van der Waals surface area contributed by atoms with E-state index in [4.69, 9.17) is 4.74 Å². The quantitative estimate of drug-likeness (QED) is 0.436. The van der Waals surface area contributed by atoms with Gasteiger partial charge in [-0.25, -0.2) is 0 Å². The van der Waals surface area contributed by atoms with Gasteiger partial charge >= 0.3 is 0 Å². The molecule has 5 heteroatoms. The van der Waals surface area contributed by atoms with E-state index < -0.39 is 0 Å². The topological polar surface area (TPSA) is 45.7 Å². The molecule has 1 rings (SSSR count). The number of benzene rings is 1. The Morgan fingerprint density at radius 2 is 1.82 bits per heavy atom. The van der Waals surface area contributed by atoms with Crippen molar-refractivity contribution in [1.29, 1.82) is 0 Å². The Bertz CT molecular complexity index is 443. The number of rotatable bonds is 5. The SMILES string of the molecule is CN=C(NCC(OC)C(C)(C)C)NC(C)c1ccccc1.I. The van der Waals surface area contributed by atoms with Crippen LogP contribution in [0, 0.1) is 5.41 Å². The molecule has 0 fully saturated rings. The highest BCUT2D eigenvalue weighted by atomic mass is 127. The minimum absolute atomic E-state index is 0. The van der Waals surface area contributed by atoms with Crippen LogP contribution in [0.5, 0.6) is 0 Å². The molecule has 0 saturated heterocycles. The lowest BCUT2D eigenvalue weighted by atomic mass is 9.89. The first-order valence-corrected chi connectivity index (χ1v) is 7.43. The summed E-state index contributed by atoms with van der Waals surface area (Å²) in [7, 11) is 3.53. The van der Waals surface area contributed by atoms with Gasteiger partial charge in [-0.15, -0.1) is 24.0 Å². The number of nitrogens with zero attached hydrogens (tertiary/aromatic N) is 1. The number of hydrogen-bond acceptors (Lipinski definition) is 2. The number of guanidine groups is 1. The van der Waals surface area contributed by atoms with Gasteiger partial charge in [0.15, 0.2) is 5.96 Å². The second kappa shape index (κ2) is 10.0. The minimum atomic E-state index is 0. The van der Waals surface area contributed by atoms with Gasteiger partial charge in [0.05, 0.1) is 12.1 Å². The highest BCUT2D eigenvalue weighted by molar-refractivity contribution is 14.0. The zero-order valence-electron chi connectivity index (χ0n) is 14.5. The molecule has 2 unspecified atom stereocenters. The van der Waals surface area contributed by atoms with Crippen molar-refractivity contribution in [3.05, 3.63) is 35.9 Å². The standard InChI is InChI=1S/C17H29N3O.HI/c1-13(14-10-8-7-9-11-14)20-16(18-5)19-12-15(21-6)17(2,3)4;/h7-11,13,15H,12H2,1-6H3,(H2,18,19,20);1H. The zero-order valence-corrected chi connectivity index (χ0v) is 16.8. The van der Waals surface area contributed by atoms with Crippen molar-refractivity contribution in [3.63, 3.8) is 0 Å². The van der Waals surface area contributed by atoms with Crippen LogP contribution in [0.4, 0.5) is 0 Å². The molecule has 0 aromatic heterocycles. The Hall–Kier alpha value is -0.820. The van der Waals surface area contributed by atoms with Gasteiger partial charge in [0, 0.05) is 20.7 Å². The molecular weight excluding hydrogens is 389 g/mol. The lowest BCUT2D eigenvalue weighted by Crippen LogP contribution is -2.45. The van der Waals surface area contributed by atoms with Crippen molar-refractivity contribution in [1.82, 2.24) is 10.6 Å². The Balaban J connectivity index is 0.00000441. The number of hydrogen-bond donors (Lipinski definition) is 2. The first-order valence-electron chi connectivity index (χ1n) is 7.43. The summed E-state index contributed by atoms with van der Waals surface area (Å²) >= 11 is 0. The van der Waals surface area contributed by atoms with E-state index in [-0.39, 0.29) is 41.5 Å². The highest BCUT2D eigenvalue weighted by Gasteiger charge is 2.24. The Morgan fingerprint density at radius 3 is 2.27 bits per heavy atom. The zero-order chi connectivity index (χ0) is 15.9. The summed E-state index contributed by atoms with van der Waals surface area (Å²) < 4.78 is 5.55. The van der Waals surface area contributed by atoms with E-state index in [0.717, 1.165) is 12.5 Å². The lowest BCUT2D eigenvalue weighted by Gasteiger charge is -2.30. The van der Waals surface area contributed by atoms with Crippen molar-refractivity contribution in [2.75, 3.05) is 20.7 Å². The van der Waals surface area contributed by atoms with Crippen LogP contribution in [-0.2, 0) is 4.74 Å². The van der Waals surface area contributed by atoms with Crippen molar-refractivity contribution in [3.8, 4) is 0 Å². The average Bonchev–Trinajstić information content (AvgIpc) is 2.46. The fourth-order valence-electron chi connectivity index (χ4n) is 2.16. The molecule has 0 aliphatic carbocycles. The molecule has 0 aliphatic heterocycles. The second-order valence-corrected chi connectivity index (χ2v) is 6.32. The van der Waals surface area contributed by atoms with Crippen LogP contribution >= 0.6 is 24.0 Å². The molecule has 22 heavy (non-hydrogen) atoms. The lowest BCUT2D eigenvalue weighted by molar-refractivity contribution is 0.0205. The number of halogens is 1. The Morgan fingerprint density at radius 1 is 1.23 bits per heavy atom.